The van der Waals surface area contributed by atoms with Crippen LogP contribution in [-0.4, -0.2) is 62.3 Å². The number of ether oxygens (including phenoxy) is 3. The fourth-order valence-corrected chi connectivity index (χ4v) is 3.84. The van der Waals surface area contributed by atoms with E-state index in [9.17, 15) is 14.7 Å². The topological polar surface area (TPSA) is 97.3 Å². The first-order valence-corrected chi connectivity index (χ1v) is 11.2. The summed E-state index contributed by atoms with van der Waals surface area (Å²) in [4.78, 5) is 26.1. The monoisotopic (exact) mass is 456 g/mol. The molecule has 0 saturated carbocycles. The van der Waals surface area contributed by atoms with Gasteiger partial charge in [-0.2, -0.15) is 0 Å². The number of para-hydroxylation sites is 1. The van der Waals surface area contributed by atoms with Crippen LogP contribution in [0.25, 0.3) is 0 Å². The van der Waals surface area contributed by atoms with Crippen LogP contribution in [0.5, 0.6) is 17.2 Å². The highest BCUT2D eigenvalue weighted by atomic mass is 16.5. The molecule has 0 bridgehead atoms. The van der Waals surface area contributed by atoms with Crippen molar-refractivity contribution >= 4 is 17.5 Å². The molecule has 0 spiro atoms. The minimum absolute atomic E-state index is 0.0112. The molecule has 8 nitrogen and oxygen atoms in total. The van der Waals surface area contributed by atoms with Gasteiger partial charge in [0.2, 0.25) is 11.8 Å². The van der Waals surface area contributed by atoms with Crippen LogP contribution in [0.2, 0.25) is 0 Å². The first kappa shape index (κ1) is 24.4. The predicted octanol–water partition coefficient (Wildman–Crippen LogP) is 2.81. The average molecular weight is 457 g/mol. The third kappa shape index (κ3) is 6.61. The summed E-state index contributed by atoms with van der Waals surface area (Å²) in [6, 6.07) is 11.4. The van der Waals surface area contributed by atoms with Crippen LogP contribution in [0.1, 0.15) is 30.4 Å². The van der Waals surface area contributed by atoms with E-state index in [0.717, 1.165) is 16.8 Å². The maximum atomic E-state index is 12.7. The molecule has 33 heavy (non-hydrogen) atoms. The van der Waals surface area contributed by atoms with Crippen LogP contribution in [0.15, 0.2) is 36.4 Å². The molecule has 2 aromatic carbocycles. The number of fused-ring (bicyclic) bond motifs is 1. The lowest BCUT2D eigenvalue weighted by atomic mass is 10.0. The number of nitrogens with zero attached hydrogens (tertiary/aromatic N) is 1. The summed E-state index contributed by atoms with van der Waals surface area (Å²) in [7, 11) is 3.18. The van der Waals surface area contributed by atoms with E-state index in [-0.39, 0.29) is 25.0 Å². The number of benzene rings is 2. The van der Waals surface area contributed by atoms with Gasteiger partial charge in [0.05, 0.1) is 33.1 Å². The van der Waals surface area contributed by atoms with E-state index in [1.54, 1.807) is 19.1 Å². The fraction of sp³-hybridized carbons (Fsp3) is 0.440. The summed E-state index contributed by atoms with van der Waals surface area (Å²) in [6.07, 6.45) is 2.67. The molecule has 0 radical (unpaired) electrons. The molecular weight excluding hydrogens is 424 g/mol. The standard InChI is InChI=1S/C25H32N2O6/c1-31-20-10-8-18(17-22(20)32-2)12-13-27(14-15-28)24(30)7-4-16-33-21-6-3-5-19-9-11-23(29)26-25(19)21/h3,5-6,8,10,17,28H,4,7,9,11-16H2,1-2H3,(H,26,29). The highest BCUT2D eigenvalue weighted by Gasteiger charge is 2.19. The van der Waals surface area contributed by atoms with Crippen LogP contribution in [0.4, 0.5) is 5.69 Å². The molecule has 0 unspecified atom stereocenters. The van der Waals surface area contributed by atoms with E-state index in [1.807, 2.05) is 36.4 Å². The van der Waals surface area contributed by atoms with Crippen LogP contribution in [-0.2, 0) is 22.4 Å². The highest BCUT2D eigenvalue weighted by Crippen LogP contribution is 2.32. The van der Waals surface area contributed by atoms with E-state index in [0.29, 0.717) is 62.5 Å². The minimum atomic E-state index is -0.0932. The van der Waals surface area contributed by atoms with Crippen molar-refractivity contribution in [1.29, 1.82) is 0 Å². The lowest BCUT2D eigenvalue weighted by Crippen LogP contribution is -2.35. The molecule has 2 N–H and O–H groups in total. The van der Waals surface area contributed by atoms with E-state index in [2.05, 4.69) is 5.32 Å². The number of amides is 2. The molecule has 0 aromatic heterocycles. The van der Waals surface area contributed by atoms with Gasteiger partial charge in [-0.15, -0.1) is 0 Å². The fourth-order valence-electron chi connectivity index (χ4n) is 3.84. The van der Waals surface area contributed by atoms with Gasteiger partial charge >= 0.3 is 0 Å². The SMILES string of the molecule is COc1ccc(CCN(CCO)C(=O)CCCOc2cccc3c2NC(=O)CC3)cc1OC. The second-order valence-electron chi connectivity index (χ2n) is 7.83. The van der Waals surface area contributed by atoms with Crippen LogP contribution in [0, 0.1) is 0 Å². The Balaban J connectivity index is 1.49. The number of methoxy groups -OCH3 is 2. The Kier molecular flexibility index (Phi) is 8.95. The zero-order valence-corrected chi connectivity index (χ0v) is 19.3. The number of carbonyl (C=O) groups is 2. The zero-order valence-electron chi connectivity index (χ0n) is 19.3. The molecule has 1 heterocycles. The Morgan fingerprint density at radius 1 is 1.06 bits per heavy atom. The van der Waals surface area contributed by atoms with Gasteiger partial charge < -0.3 is 29.5 Å². The van der Waals surface area contributed by atoms with Gasteiger partial charge in [-0.05, 0) is 48.6 Å². The van der Waals surface area contributed by atoms with Gasteiger partial charge in [0.25, 0.3) is 0 Å². The third-order valence-corrected chi connectivity index (χ3v) is 5.63. The number of carbonyl (C=O) groups excluding carboxylic acids is 2. The number of aliphatic hydroxyl groups excluding tert-OH is 1. The van der Waals surface area contributed by atoms with Gasteiger partial charge in [-0.3, -0.25) is 9.59 Å². The second-order valence-corrected chi connectivity index (χ2v) is 7.83. The molecule has 1 aliphatic heterocycles. The molecule has 2 aromatic rings. The van der Waals surface area contributed by atoms with Gasteiger partial charge in [-0.25, -0.2) is 0 Å². The Morgan fingerprint density at radius 2 is 1.88 bits per heavy atom. The van der Waals surface area contributed by atoms with Gasteiger partial charge in [-0.1, -0.05) is 18.2 Å². The smallest absolute Gasteiger partial charge is 0.224 e. The number of nitrogens with one attached hydrogen (secondary N) is 1. The van der Waals surface area contributed by atoms with Crippen molar-refractivity contribution in [1.82, 2.24) is 4.90 Å². The summed E-state index contributed by atoms with van der Waals surface area (Å²) in [5, 5.41) is 12.3. The lowest BCUT2D eigenvalue weighted by molar-refractivity contribution is -0.132. The van der Waals surface area contributed by atoms with Gasteiger partial charge in [0.1, 0.15) is 5.75 Å². The molecule has 8 heteroatoms. The summed E-state index contributed by atoms with van der Waals surface area (Å²) < 4.78 is 16.5. The van der Waals surface area contributed by atoms with Crippen LogP contribution in [0.3, 0.4) is 0 Å². The van der Waals surface area contributed by atoms with E-state index in [1.165, 1.54) is 0 Å². The second kappa shape index (κ2) is 12.1. The van der Waals surface area contributed by atoms with Crippen molar-refractivity contribution in [3.05, 3.63) is 47.5 Å². The van der Waals surface area contributed by atoms with Crippen molar-refractivity contribution in [2.24, 2.45) is 0 Å². The maximum Gasteiger partial charge on any atom is 0.224 e. The Labute approximate surface area is 194 Å². The first-order valence-electron chi connectivity index (χ1n) is 11.2. The van der Waals surface area contributed by atoms with Crippen molar-refractivity contribution in [2.75, 3.05) is 45.8 Å². The van der Waals surface area contributed by atoms with E-state index in [4.69, 9.17) is 14.2 Å². The summed E-state index contributed by atoms with van der Waals surface area (Å²) in [5.74, 6) is 1.89. The number of aliphatic hydroxyl groups is 1. The molecule has 178 valence electrons. The summed E-state index contributed by atoms with van der Waals surface area (Å²) in [6.45, 7) is 1.05. The normalized spacial score (nSPS) is 12.5. The number of anilines is 1. The number of hydrogen-bond donors (Lipinski definition) is 2. The van der Waals surface area contributed by atoms with Crippen LogP contribution < -0.4 is 19.5 Å². The lowest BCUT2D eigenvalue weighted by Gasteiger charge is -2.22. The van der Waals surface area contributed by atoms with Crippen molar-refractivity contribution in [3.8, 4) is 17.2 Å². The number of hydrogen-bond acceptors (Lipinski definition) is 6. The highest BCUT2D eigenvalue weighted by molar-refractivity contribution is 5.95. The van der Waals surface area contributed by atoms with Crippen molar-refractivity contribution < 1.29 is 28.9 Å². The van der Waals surface area contributed by atoms with Crippen LogP contribution >= 0.6 is 0 Å². The predicted molar refractivity (Wildman–Crippen MR) is 125 cm³/mol. The molecule has 0 saturated heterocycles. The van der Waals surface area contributed by atoms with Gasteiger partial charge in [0.15, 0.2) is 11.5 Å². The van der Waals surface area contributed by atoms with Crippen molar-refractivity contribution in [3.63, 3.8) is 0 Å². The summed E-state index contributed by atoms with van der Waals surface area (Å²) >= 11 is 0. The molecule has 0 fully saturated rings. The third-order valence-electron chi connectivity index (χ3n) is 5.63. The minimum Gasteiger partial charge on any atom is -0.493 e. The Hall–Kier alpha value is -3.26. The number of rotatable bonds is 12. The maximum absolute atomic E-state index is 12.7. The molecule has 2 amide bonds. The Bertz CT molecular complexity index is 962. The molecule has 0 atom stereocenters. The van der Waals surface area contributed by atoms with Crippen molar-refractivity contribution in [2.45, 2.75) is 32.1 Å². The first-order chi connectivity index (χ1) is 16.0. The molecule has 1 aliphatic rings. The Morgan fingerprint density at radius 3 is 2.64 bits per heavy atom. The van der Waals surface area contributed by atoms with Gasteiger partial charge in [0, 0.05) is 25.9 Å². The van der Waals surface area contributed by atoms with E-state index < -0.39 is 0 Å². The quantitative estimate of drug-likeness (QED) is 0.477. The average Bonchev–Trinajstić information content (AvgIpc) is 2.84. The zero-order chi connectivity index (χ0) is 23.6. The molecule has 3 rings (SSSR count). The van der Waals surface area contributed by atoms with E-state index >= 15 is 0 Å². The summed E-state index contributed by atoms with van der Waals surface area (Å²) in [5.41, 5.74) is 2.81. The molecular formula is C25H32N2O6. The number of aryl methyl sites for hydroxylation is 1. The largest absolute Gasteiger partial charge is 0.493 e. The molecule has 0 aliphatic carbocycles.